The van der Waals surface area contributed by atoms with E-state index in [0.29, 0.717) is 6.42 Å². The van der Waals surface area contributed by atoms with Crippen molar-refractivity contribution in [2.24, 2.45) is 11.7 Å². The zero-order valence-electron chi connectivity index (χ0n) is 22.3. The molecule has 7 atom stereocenters. The third kappa shape index (κ3) is 13.0. The average Bonchev–Trinajstić information content (AvgIpc) is 2.85. The van der Waals surface area contributed by atoms with E-state index in [2.05, 4.69) is 21.3 Å². The van der Waals surface area contributed by atoms with E-state index in [0.717, 1.165) is 0 Å². The standard InChI is InChI=1S/C23H39N5O11/c1-5-10(2)18(22(37)25-11(3)23(38)39)28-20(35)14(7-9-16(32)33)26-19(34)13(6-8-15(30)31)27-21(36)17(24)12(4)29/h10-14,17-18,29H,5-9,24H2,1-4H3,(H,25,37)(H,26,34)(H,27,36)(H,28,35)(H,30,31)(H,32,33)(H,38,39)/t10-,11-,12+,13-,14-,17-,18-/m0/s1. The lowest BCUT2D eigenvalue weighted by Crippen LogP contribution is -2.60. The predicted molar refractivity (Wildman–Crippen MR) is 134 cm³/mol. The normalized spacial score (nSPS) is 16.3. The van der Waals surface area contributed by atoms with Gasteiger partial charge in [0.25, 0.3) is 0 Å². The summed E-state index contributed by atoms with van der Waals surface area (Å²) >= 11 is 0. The van der Waals surface area contributed by atoms with Gasteiger partial charge in [-0.25, -0.2) is 0 Å². The van der Waals surface area contributed by atoms with Gasteiger partial charge in [0, 0.05) is 12.8 Å². The fraction of sp³-hybridized carbons (Fsp3) is 0.696. The van der Waals surface area contributed by atoms with Crippen molar-refractivity contribution in [1.29, 1.82) is 0 Å². The fourth-order valence-electron chi connectivity index (χ4n) is 3.15. The Morgan fingerprint density at radius 1 is 0.692 bits per heavy atom. The van der Waals surface area contributed by atoms with Crippen molar-refractivity contribution in [2.75, 3.05) is 0 Å². The van der Waals surface area contributed by atoms with E-state index in [-0.39, 0.29) is 0 Å². The zero-order chi connectivity index (χ0) is 30.4. The van der Waals surface area contributed by atoms with Crippen LogP contribution in [0.3, 0.4) is 0 Å². The predicted octanol–water partition coefficient (Wildman–Crippen LogP) is -2.49. The highest BCUT2D eigenvalue weighted by Gasteiger charge is 2.33. The van der Waals surface area contributed by atoms with E-state index in [1.54, 1.807) is 13.8 Å². The first-order chi connectivity index (χ1) is 18.0. The van der Waals surface area contributed by atoms with Crippen LogP contribution in [0.5, 0.6) is 0 Å². The molecule has 0 aromatic carbocycles. The number of hydrogen-bond donors (Lipinski definition) is 9. The minimum Gasteiger partial charge on any atom is -0.481 e. The fourth-order valence-corrected chi connectivity index (χ4v) is 3.15. The second-order valence-corrected chi connectivity index (χ2v) is 9.19. The Hall–Kier alpha value is -3.79. The number of aliphatic hydroxyl groups is 1. The lowest BCUT2D eigenvalue weighted by atomic mass is 9.97. The maximum absolute atomic E-state index is 13.1. The molecule has 16 heteroatoms. The molecule has 0 rings (SSSR count). The van der Waals surface area contributed by atoms with Crippen molar-refractivity contribution in [3.05, 3.63) is 0 Å². The van der Waals surface area contributed by atoms with Crippen LogP contribution in [0.4, 0.5) is 0 Å². The molecule has 0 heterocycles. The Labute approximate surface area is 225 Å². The molecule has 0 saturated carbocycles. The number of hydrogen-bond acceptors (Lipinski definition) is 9. The molecule has 222 valence electrons. The average molecular weight is 562 g/mol. The highest BCUT2D eigenvalue weighted by atomic mass is 16.4. The summed E-state index contributed by atoms with van der Waals surface area (Å²) < 4.78 is 0. The Balaban J connectivity index is 5.92. The molecule has 0 aliphatic carbocycles. The number of carboxylic acid groups (broad SMARTS) is 3. The van der Waals surface area contributed by atoms with Gasteiger partial charge in [-0.2, -0.15) is 0 Å². The summed E-state index contributed by atoms with van der Waals surface area (Å²) in [5.41, 5.74) is 5.56. The molecule has 0 aliphatic heterocycles. The highest BCUT2D eigenvalue weighted by Crippen LogP contribution is 2.11. The van der Waals surface area contributed by atoms with Gasteiger partial charge in [0.1, 0.15) is 30.2 Å². The smallest absolute Gasteiger partial charge is 0.325 e. The maximum Gasteiger partial charge on any atom is 0.325 e. The van der Waals surface area contributed by atoms with Crippen LogP contribution in [0, 0.1) is 5.92 Å². The zero-order valence-corrected chi connectivity index (χ0v) is 22.3. The van der Waals surface area contributed by atoms with Gasteiger partial charge in [-0.1, -0.05) is 20.3 Å². The number of amides is 4. The monoisotopic (exact) mass is 561 g/mol. The van der Waals surface area contributed by atoms with E-state index in [9.17, 15) is 38.7 Å². The number of carboxylic acids is 3. The van der Waals surface area contributed by atoms with Crippen LogP contribution >= 0.6 is 0 Å². The molecular formula is C23H39N5O11. The molecule has 10 N–H and O–H groups in total. The van der Waals surface area contributed by atoms with Crippen LogP contribution in [-0.2, 0) is 33.6 Å². The van der Waals surface area contributed by atoms with Crippen LogP contribution in [-0.4, -0.2) is 98.3 Å². The summed E-state index contributed by atoms with van der Waals surface area (Å²) in [6, 6.07) is -6.99. The molecular weight excluding hydrogens is 522 g/mol. The molecule has 0 aromatic rings. The number of carbonyl (C=O) groups is 7. The summed E-state index contributed by atoms with van der Waals surface area (Å²) in [6.07, 6.45) is -2.90. The molecule has 4 amide bonds. The number of carbonyl (C=O) groups excluding carboxylic acids is 4. The Kier molecular flexibility index (Phi) is 15.3. The van der Waals surface area contributed by atoms with Gasteiger partial charge in [-0.05, 0) is 32.6 Å². The summed E-state index contributed by atoms with van der Waals surface area (Å²) in [7, 11) is 0. The highest BCUT2D eigenvalue weighted by molar-refractivity contribution is 5.95. The summed E-state index contributed by atoms with van der Waals surface area (Å²) in [6.45, 7) is 5.78. The van der Waals surface area contributed by atoms with Gasteiger partial charge in [-0.15, -0.1) is 0 Å². The molecule has 0 fully saturated rings. The first-order valence-electron chi connectivity index (χ1n) is 12.3. The minimum absolute atomic E-state index is 0.388. The van der Waals surface area contributed by atoms with Crippen molar-refractivity contribution < 1.29 is 54.0 Å². The summed E-state index contributed by atoms with van der Waals surface area (Å²) in [5.74, 6) is -8.16. The van der Waals surface area contributed by atoms with Crippen LogP contribution < -0.4 is 27.0 Å². The van der Waals surface area contributed by atoms with Gasteiger partial charge in [-0.3, -0.25) is 33.6 Å². The first kappa shape index (κ1) is 35.2. The van der Waals surface area contributed by atoms with E-state index in [1.807, 2.05) is 0 Å². The van der Waals surface area contributed by atoms with Crippen molar-refractivity contribution in [3.63, 3.8) is 0 Å². The molecule has 0 spiro atoms. The van der Waals surface area contributed by atoms with Crippen LogP contribution in [0.25, 0.3) is 0 Å². The Bertz CT molecular complexity index is 911. The van der Waals surface area contributed by atoms with Crippen LogP contribution in [0.1, 0.15) is 59.8 Å². The van der Waals surface area contributed by atoms with Crippen molar-refractivity contribution >= 4 is 41.5 Å². The lowest BCUT2D eigenvalue weighted by Gasteiger charge is -2.28. The topological polar surface area (TPSA) is 275 Å². The molecule has 39 heavy (non-hydrogen) atoms. The SMILES string of the molecule is CC[C@H](C)[C@H](NC(=O)[C@H](CCC(=O)O)NC(=O)[C@H](CCC(=O)O)NC(=O)[C@@H](N)[C@@H](C)O)C(=O)N[C@@H](C)C(=O)O. The molecule has 0 aromatic heterocycles. The minimum atomic E-state index is -1.53. The number of nitrogens with two attached hydrogens (primary N) is 1. The quantitative estimate of drug-likeness (QED) is 0.0841. The van der Waals surface area contributed by atoms with Crippen molar-refractivity contribution in [1.82, 2.24) is 21.3 Å². The van der Waals surface area contributed by atoms with Gasteiger partial charge >= 0.3 is 17.9 Å². The number of aliphatic carboxylic acids is 3. The van der Waals surface area contributed by atoms with Gasteiger partial charge in [0.15, 0.2) is 0 Å². The molecule has 16 nitrogen and oxygen atoms in total. The molecule has 0 radical (unpaired) electrons. The molecule has 0 unspecified atom stereocenters. The lowest BCUT2D eigenvalue weighted by molar-refractivity contribution is -0.142. The molecule has 0 saturated heterocycles. The second kappa shape index (κ2) is 16.9. The second-order valence-electron chi connectivity index (χ2n) is 9.19. The van der Waals surface area contributed by atoms with Gasteiger partial charge in [0.05, 0.1) is 6.10 Å². The van der Waals surface area contributed by atoms with Crippen molar-refractivity contribution in [2.45, 2.75) is 96.1 Å². The van der Waals surface area contributed by atoms with E-state index in [4.69, 9.17) is 21.1 Å². The third-order valence-corrected chi connectivity index (χ3v) is 5.90. The summed E-state index contributed by atoms with van der Waals surface area (Å²) in [5, 5.41) is 45.8. The van der Waals surface area contributed by atoms with Crippen LogP contribution in [0.2, 0.25) is 0 Å². The number of aliphatic hydroxyl groups excluding tert-OH is 1. The van der Waals surface area contributed by atoms with Crippen LogP contribution in [0.15, 0.2) is 0 Å². The van der Waals surface area contributed by atoms with E-state index in [1.165, 1.54) is 13.8 Å². The maximum atomic E-state index is 13.1. The third-order valence-electron chi connectivity index (χ3n) is 5.90. The van der Waals surface area contributed by atoms with Crippen molar-refractivity contribution in [3.8, 4) is 0 Å². The molecule has 0 aliphatic rings. The van der Waals surface area contributed by atoms with E-state index < -0.39 is 109 Å². The number of rotatable bonds is 18. The van der Waals surface area contributed by atoms with E-state index >= 15 is 0 Å². The van der Waals surface area contributed by atoms with Gasteiger partial charge in [0.2, 0.25) is 23.6 Å². The largest absolute Gasteiger partial charge is 0.481 e. The number of nitrogens with one attached hydrogen (secondary N) is 4. The Morgan fingerprint density at radius 2 is 1.13 bits per heavy atom. The van der Waals surface area contributed by atoms with Gasteiger partial charge < -0.3 is 47.4 Å². The summed E-state index contributed by atoms with van der Waals surface area (Å²) in [4.78, 5) is 84.4. The molecule has 0 bridgehead atoms. The Morgan fingerprint density at radius 3 is 1.51 bits per heavy atom. The first-order valence-corrected chi connectivity index (χ1v) is 12.3.